The molecule has 5 rings (SSSR count). The summed E-state index contributed by atoms with van der Waals surface area (Å²) in [4.78, 5) is 35.6. The first-order chi connectivity index (χ1) is 13.7. The second-order valence-electron chi connectivity index (χ2n) is 7.34. The van der Waals surface area contributed by atoms with Gasteiger partial charge in [-0.05, 0) is 49.3 Å². The normalized spacial score (nSPS) is 22.3. The molecular formula is C21H21N3O2S2. The van der Waals surface area contributed by atoms with Gasteiger partial charge in [0, 0.05) is 13.1 Å². The van der Waals surface area contributed by atoms with Crippen LogP contribution >= 0.6 is 22.7 Å². The average molecular weight is 412 g/mol. The molecule has 2 aromatic heterocycles. The van der Waals surface area contributed by atoms with Gasteiger partial charge in [-0.2, -0.15) is 0 Å². The monoisotopic (exact) mass is 411 g/mol. The molecule has 0 saturated carbocycles. The lowest BCUT2D eigenvalue weighted by atomic mass is 10.1. The van der Waals surface area contributed by atoms with Gasteiger partial charge < -0.3 is 9.80 Å². The summed E-state index contributed by atoms with van der Waals surface area (Å²) in [6, 6.07) is 11.5. The van der Waals surface area contributed by atoms with E-state index < -0.39 is 0 Å². The number of likely N-dealkylation sites (tertiary alicyclic amines) is 2. The summed E-state index contributed by atoms with van der Waals surface area (Å²) < 4.78 is 1.16. The van der Waals surface area contributed by atoms with E-state index in [2.05, 4.69) is 6.07 Å². The van der Waals surface area contributed by atoms with Gasteiger partial charge in [-0.15, -0.1) is 22.7 Å². The Kier molecular flexibility index (Phi) is 4.64. The van der Waals surface area contributed by atoms with Crippen molar-refractivity contribution in [2.24, 2.45) is 0 Å². The van der Waals surface area contributed by atoms with Crippen LogP contribution in [0.4, 0.5) is 0 Å². The highest BCUT2D eigenvalue weighted by Crippen LogP contribution is 2.38. The molecule has 0 spiro atoms. The zero-order valence-corrected chi connectivity index (χ0v) is 17.0. The minimum atomic E-state index is -0.343. The molecule has 0 aliphatic carbocycles. The molecule has 0 unspecified atom stereocenters. The van der Waals surface area contributed by atoms with Gasteiger partial charge in [-0.1, -0.05) is 18.2 Å². The smallest absolute Gasteiger partial charge is 0.264 e. The SMILES string of the molecule is O=C(c1cccs1)N1CCC[C@@H]1C(=O)N1CCC[C@@H]1c1nc2ccccc2s1. The summed E-state index contributed by atoms with van der Waals surface area (Å²) in [6.45, 7) is 1.41. The van der Waals surface area contributed by atoms with E-state index in [1.807, 2.05) is 40.6 Å². The van der Waals surface area contributed by atoms with Crippen LogP contribution in [0.15, 0.2) is 41.8 Å². The van der Waals surface area contributed by atoms with Crippen molar-refractivity contribution in [3.63, 3.8) is 0 Å². The summed E-state index contributed by atoms with van der Waals surface area (Å²) in [7, 11) is 0. The first-order valence-electron chi connectivity index (χ1n) is 9.73. The maximum Gasteiger partial charge on any atom is 0.264 e. The van der Waals surface area contributed by atoms with E-state index in [1.165, 1.54) is 11.3 Å². The van der Waals surface area contributed by atoms with E-state index in [4.69, 9.17) is 4.98 Å². The number of thiophene rings is 1. The van der Waals surface area contributed by atoms with Crippen molar-refractivity contribution in [2.75, 3.05) is 13.1 Å². The molecule has 144 valence electrons. The number of para-hydroxylation sites is 1. The summed E-state index contributed by atoms with van der Waals surface area (Å²) >= 11 is 3.12. The predicted octanol–water partition coefficient (Wildman–Crippen LogP) is 4.33. The lowest BCUT2D eigenvalue weighted by Gasteiger charge is -2.30. The highest BCUT2D eigenvalue weighted by atomic mass is 32.1. The van der Waals surface area contributed by atoms with Gasteiger partial charge in [0.05, 0.1) is 21.1 Å². The van der Waals surface area contributed by atoms with E-state index in [-0.39, 0.29) is 23.9 Å². The number of aromatic nitrogens is 1. The van der Waals surface area contributed by atoms with E-state index in [0.29, 0.717) is 11.4 Å². The number of hydrogen-bond acceptors (Lipinski definition) is 5. The van der Waals surface area contributed by atoms with Crippen molar-refractivity contribution < 1.29 is 9.59 Å². The number of rotatable bonds is 3. The largest absolute Gasteiger partial charge is 0.331 e. The van der Waals surface area contributed by atoms with Crippen molar-refractivity contribution in [2.45, 2.75) is 37.8 Å². The zero-order chi connectivity index (χ0) is 19.1. The van der Waals surface area contributed by atoms with Gasteiger partial charge in [-0.25, -0.2) is 4.98 Å². The molecule has 0 bridgehead atoms. The number of benzene rings is 1. The molecule has 7 heteroatoms. The number of carbonyl (C=O) groups is 2. The third-order valence-corrected chi connectivity index (χ3v) is 7.66. The Morgan fingerprint density at radius 1 is 1.00 bits per heavy atom. The fourth-order valence-corrected chi connectivity index (χ4v) is 6.11. The molecule has 2 fully saturated rings. The van der Waals surface area contributed by atoms with E-state index in [9.17, 15) is 9.59 Å². The predicted molar refractivity (Wildman–Crippen MR) is 112 cm³/mol. The zero-order valence-electron chi connectivity index (χ0n) is 15.4. The molecule has 2 amide bonds. The number of nitrogens with zero attached hydrogens (tertiary/aromatic N) is 3. The maximum absolute atomic E-state index is 13.4. The second kappa shape index (κ2) is 7.29. The summed E-state index contributed by atoms with van der Waals surface area (Å²) in [5, 5.41) is 2.92. The topological polar surface area (TPSA) is 53.5 Å². The fourth-order valence-electron chi connectivity index (χ4n) is 4.32. The molecule has 28 heavy (non-hydrogen) atoms. The van der Waals surface area contributed by atoms with Crippen molar-refractivity contribution in [1.82, 2.24) is 14.8 Å². The van der Waals surface area contributed by atoms with Crippen LogP contribution in [0, 0.1) is 0 Å². The fraction of sp³-hybridized carbons (Fsp3) is 0.381. The van der Waals surface area contributed by atoms with Crippen molar-refractivity contribution in [3.8, 4) is 0 Å². The minimum absolute atomic E-state index is 0.0124. The maximum atomic E-state index is 13.4. The Hall–Kier alpha value is -2.25. The van der Waals surface area contributed by atoms with Gasteiger partial charge in [0.2, 0.25) is 5.91 Å². The van der Waals surface area contributed by atoms with Crippen molar-refractivity contribution >= 4 is 44.7 Å². The molecule has 2 aliphatic rings. The van der Waals surface area contributed by atoms with Crippen LogP contribution in [0.5, 0.6) is 0 Å². The Morgan fingerprint density at radius 3 is 2.64 bits per heavy atom. The van der Waals surface area contributed by atoms with Gasteiger partial charge in [-0.3, -0.25) is 9.59 Å². The van der Waals surface area contributed by atoms with Crippen LogP contribution in [-0.2, 0) is 4.79 Å². The summed E-state index contributed by atoms with van der Waals surface area (Å²) in [5.41, 5.74) is 0.997. The third-order valence-electron chi connectivity index (χ3n) is 5.66. The van der Waals surface area contributed by atoms with E-state index >= 15 is 0 Å². The quantitative estimate of drug-likeness (QED) is 0.645. The first-order valence-corrected chi connectivity index (χ1v) is 11.4. The molecular weight excluding hydrogens is 390 g/mol. The lowest BCUT2D eigenvalue weighted by Crippen LogP contribution is -2.47. The third kappa shape index (κ3) is 3.02. The van der Waals surface area contributed by atoms with Crippen LogP contribution in [0.25, 0.3) is 10.2 Å². The highest BCUT2D eigenvalue weighted by molar-refractivity contribution is 7.18. The Bertz CT molecular complexity index is 981. The molecule has 0 N–H and O–H groups in total. The van der Waals surface area contributed by atoms with Gasteiger partial charge >= 0.3 is 0 Å². The molecule has 0 radical (unpaired) electrons. The van der Waals surface area contributed by atoms with Crippen molar-refractivity contribution in [1.29, 1.82) is 0 Å². The minimum Gasteiger partial charge on any atom is -0.331 e. The highest BCUT2D eigenvalue weighted by Gasteiger charge is 2.41. The first kappa shape index (κ1) is 17.8. The molecule has 2 atom stereocenters. The number of fused-ring (bicyclic) bond motifs is 1. The number of thiazole rings is 1. The van der Waals surface area contributed by atoms with Crippen LogP contribution < -0.4 is 0 Å². The molecule has 2 saturated heterocycles. The summed E-state index contributed by atoms with van der Waals surface area (Å²) in [6.07, 6.45) is 3.56. The number of carbonyl (C=O) groups excluding carboxylic acids is 2. The van der Waals surface area contributed by atoms with Gasteiger partial charge in [0.15, 0.2) is 0 Å². The van der Waals surface area contributed by atoms with Crippen molar-refractivity contribution in [3.05, 3.63) is 51.7 Å². The van der Waals surface area contributed by atoms with E-state index in [0.717, 1.165) is 47.5 Å². The Morgan fingerprint density at radius 2 is 1.82 bits per heavy atom. The average Bonchev–Trinajstić information content (AvgIpc) is 3.51. The second-order valence-corrected chi connectivity index (χ2v) is 9.35. The van der Waals surface area contributed by atoms with Crippen LogP contribution in [0.1, 0.15) is 46.4 Å². The van der Waals surface area contributed by atoms with Gasteiger partial charge in [0.1, 0.15) is 11.0 Å². The molecule has 5 nitrogen and oxygen atoms in total. The van der Waals surface area contributed by atoms with Crippen LogP contribution in [0.2, 0.25) is 0 Å². The Balaban J connectivity index is 1.39. The Labute approximate surface area is 171 Å². The van der Waals surface area contributed by atoms with Crippen LogP contribution in [0.3, 0.4) is 0 Å². The molecule has 4 heterocycles. The number of hydrogen-bond donors (Lipinski definition) is 0. The summed E-state index contributed by atoms with van der Waals surface area (Å²) in [5.74, 6) is 0.0748. The van der Waals surface area contributed by atoms with E-state index in [1.54, 1.807) is 16.2 Å². The lowest BCUT2D eigenvalue weighted by molar-refractivity contribution is -0.136. The van der Waals surface area contributed by atoms with Crippen LogP contribution in [-0.4, -0.2) is 45.7 Å². The molecule has 1 aromatic carbocycles. The molecule has 3 aromatic rings. The number of amides is 2. The molecule has 2 aliphatic heterocycles. The van der Waals surface area contributed by atoms with Gasteiger partial charge in [0.25, 0.3) is 5.91 Å². The standard InChI is InChI=1S/C21H21N3O2S2/c25-20(16-8-4-12-24(16)21(26)18-10-5-13-27-18)23-11-3-7-15(23)19-22-14-6-1-2-9-17(14)28-19/h1-2,5-6,9-10,13,15-16H,3-4,7-8,11-12H2/t15-,16-/m1/s1.